The van der Waals surface area contributed by atoms with Crippen LogP contribution in [-0.2, 0) is 9.84 Å². The van der Waals surface area contributed by atoms with Crippen molar-refractivity contribution in [2.24, 2.45) is 5.73 Å². The van der Waals surface area contributed by atoms with E-state index in [0.29, 0.717) is 19.5 Å². The second-order valence-electron chi connectivity index (χ2n) is 5.44. The van der Waals surface area contributed by atoms with Crippen LogP contribution in [0.4, 0.5) is 0 Å². The molecule has 1 amide bonds. The summed E-state index contributed by atoms with van der Waals surface area (Å²) in [6, 6.07) is 6.61. The Hall–Kier alpha value is -1.11. The molecule has 2 N–H and O–H groups in total. The molecule has 0 radical (unpaired) electrons. The van der Waals surface area contributed by atoms with Crippen LogP contribution < -0.4 is 5.73 Å². The highest BCUT2D eigenvalue weighted by Crippen LogP contribution is 2.21. The summed E-state index contributed by atoms with van der Waals surface area (Å²) in [6.07, 6.45) is 2.05. The maximum Gasteiger partial charge on any atom is 0.255 e. The Bertz CT molecular complexity index is 611. The normalized spacial score (nSPS) is 16.2. The number of amides is 1. The van der Waals surface area contributed by atoms with E-state index in [-0.39, 0.29) is 40.6 Å². The SMILES string of the molecule is CCCS(=O)(=O)c1ccccc1C(=O)N1CCC(N)CC1.Cl. The van der Waals surface area contributed by atoms with Gasteiger partial charge in [-0.25, -0.2) is 8.42 Å². The molecule has 1 aromatic rings. The highest BCUT2D eigenvalue weighted by Gasteiger charge is 2.26. The lowest BCUT2D eigenvalue weighted by Crippen LogP contribution is -2.43. The largest absolute Gasteiger partial charge is 0.338 e. The van der Waals surface area contributed by atoms with Gasteiger partial charge in [-0.1, -0.05) is 19.1 Å². The van der Waals surface area contributed by atoms with Gasteiger partial charge in [-0.3, -0.25) is 4.79 Å². The topological polar surface area (TPSA) is 80.5 Å². The molecule has 1 aromatic carbocycles. The summed E-state index contributed by atoms with van der Waals surface area (Å²) in [4.78, 5) is 14.4. The summed E-state index contributed by atoms with van der Waals surface area (Å²) >= 11 is 0. The van der Waals surface area contributed by atoms with Crippen molar-refractivity contribution in [1.82, 2.24) is 4.90 Å². The summed E-state index contributed by atoms with van der Waals surface area (Å²) in [5, 5.41) is 0. The van der Waals surface area contributed by atoms with Crippen molar-refractivity contribution < 1.29 is 13.2 Å². The maximum atomic E-state index is 12.6. The smallest absolute Gasteiger partial charge is 0.255 e. The Morgan fingerprint density at radius 1 is 1.27 bits per heavy atom. The maximum absolute atomic E-state index is 12.6. The highest BCUT2D eigenvalue weighted by atomic mass is 35.5. The minimum atomic E-state index is -3.41. The van der Waals surface area contributed by atoms with Crippen molar-refractivity contribution in [3.05, 3.63) is 29.8 Å². The van der Waals surface area contributed by atoms with Crippen LogP contribution in [0.25, 0.3) is 0 Å². The van der Waals surface area contributed by atoms with Crippen molar-refractivity contribution in [2.45, 2.75) is 37.1 Å². The van der Waals surface area contributed by atoms with Gasteiger partial charge in [0.15, 0.2) is 9.84 Å². The van der Waals surface area contributed by atoms with Gasteiger partial charge in [0.05, 0.1) is 16.2 Å². The first-order chi connectivity index (χ1) is 9.95. The van der Waals surface area contributed by atoms with E-state index in [1.807, 2.05) is 6.92 Å². The van der Waals surface area contributed by atoms with Gasteiger partial charge in [0.2, 0.25) is 0 Å². The second kappa shape index (κ2) is 7.94. The van der Waals surface area contributed by atoms with Crippen LogP contribution >= 0.6 is 12.4 Å². The zero-order valence-corrected chi connectivity index (χ0v) is 14.3. The Balaban J connectivity index is 0.00000242. The van der Waals surface area contributed by atoms with E-state index >= 15 is 0 Å². The molecule has 124 valence electrons. The van der Waals surface area contributed by atoms with Crippen LogP contribution in [0, 0.1) is 0 Å². The fourth-order valence-electron chi connectivity index (χ4n) is 2.57. The molecule has 0 aromatic heterocycles. The van der Waals surface area contributed by atoms with Crippen LogP contribution in [-0.4, -0.2) is 44.1 Å². The molecular formula is C15H23ClN2O3S. The summed E-state index contributed by atoms with van der Waals surface area (Å²) < 4.78 is 24.6. The molecule has 0 atom stereocenters. The van der Waals surface area contributed by atoms with Crippen LogP contribution in [0.2, 0.25) is 0 Å². The van der Waals surface area contributed by atoms with E-state index in [4.69, 9.17) is 5.73 Å². The van der Waals surface area contributed by atoms with Gasteiger partial charge in [-0.2, -0.15) is 0 Å². The number of sulfone groups is 1. The molecule has 1 aliphatic rings. The third-order valence-corrected chi connectivity index (χ3v) is 5.72. The van der Waals surface area contributed by atoms with Crippen molar-refractivity contribution >= 4 is 28.2 Å². The number of nitrogens with zero attached hydrogens (tertiary/aromatic N) is 1. The van der Waals surface area contributed by atoms with Crippen LogP contribution in [0.3, 0.4) is 0 Å². The zero-order chi connectivity index (χ0) is 15.5. The van der Waals surface area contributed by atoms with Gasteiger partial charge in [-0.15, -0.1) is 12.4 Å². The average Bonchev–Trinajstić information content (AvgIpc) is 2.47. The molecule has 22 heavy (non-hydrogen) atoms. The van der Waals surface area contributed by atoms with Crippen molar-refractivity contribution in [3.63, 3.8) is 0 Å². The lowest BCUT2D eigenvalue weighted by atomic mass is 10.0. The summed E-state index contributed by atoms with van der Waals surface area (Å²) in [5.41, 5.74) is 6.12. The first-order valence-corrected chi connectivity index (χ1v) is 8.97. The number of carbonyl (C=O) groups excluding carboxylic acids is 1. The quantitative estimate of drug-likeness (QED) is 0.902. The third kappa shape index (κ3) is 4.21. The molecule has 5 nitrogen and oxygen atoms in total. The van der Waals surface area contributed by atoms with Crippen LogP contribution in [0.5, 0.6) is 0 Å². The zero-order valence-electron chi connectivity index (χ0n) is 12.7. The lowest BCUT2D eigenvalue weighted by Gasteiger charge is -2.30. The number of hydrogen-bond donors (Lipinski definition) is 1. The van der Waals surface area contributed by atoms with Crippen molar-refractivity contribution in [3.8, 4) is 0 Å². The number of benzene rings is 1. The Labute approximate surface area is 138 Å². The molecular weight excluding hydrogens is 324 g/mol. The minimum Gasteiger partial charge on any atom is -0.338 e. The number of halogens is 1. The number of nitrogens with two attached hydrogens (primary N) is 1. The van der Waals surface area contributed by atoms with Gasteiger partial charge in [0, 0.05) is 19.1 Å². The van der Waals surface area contributed by atoms with Gasteiger partial charge in [0.1, 0.15) is 0 Å². The number of hydrogen-bond acceptors (Lipinski definition) is 4. The van der Waals surface area contributed by atoms with E-state index < -0.39 is 9.84 Å². The summed E-state index contributed by atoms with van der Waals surface area (Å²) in [7, 11) is -3.41. The standard InChI is InChI=1S/C15H22N2O3S.ClH/c1-2-11-21(19,20)14-6-4-3-5-13(14)15(18)17-9-7-12(16)8-10-17;/h3-6,12H,2,7-11,16H2,1H3;1H. The van der Waals surface area contributed by atoms with E-state index in [1.54, 1.807) is 23.1 Å². The monoisotopic (exact) mass is 346 g/mol. The second-order valence-corrected chi connectivity index (χ2v) is 7.52. The van der Waals surface area contributed by atoms with Gasteiger partial charge in [-0.05, 0) is 31.4 Å². The predicted molar refractivity (Wildman–Crippen MR) is 89.1 cm³/mol. The molecule has 2 rings (SSSR count). The van der Waals surface area contributed by atoms with Crippen molar-refractivity contribution in [1.29, 1.82) is 0 Å². The highest BCUT2D eigenvalue weighted by molar-refractivity contribution is 7.91. The number of rotatable bonds is 4. The lowest BCUT2D eigenvalue weighted by molar-refractivity contribution is 0.0711. The number of likely N-dealkylation sites (tertiary alicyclic amines) is 1. The average molecular weight is 347 g/mol. The Morgan fingerprint density at radius 2 is 1.86 bits per heavy atom. The fraction of sp³-hybridized carbons (Fsp3) is 0.533. The van der Waals surface area contributed by atoms with Crippen LogP contribution in [0.1, 0.15) is 36.5 Å². The molecule has 0 bridgehead atoms. The van der Waals surface area contributed by atoms with Gasteiger partial charge in [0.25, 0.3) is 5.91 Å². The molecule has 0 aliphatic carbocycles. The van der Waals surface area contributed by atoms with E-state index in [1.165, 1.54) is 6.07 Å². The van der Waals surface area contributed by atoms with Crippen LogP contribution in [0.15, 0.2) is 29.2 Å². The summed E-state index contributed by atoms with van der Waals surface area (Å²) in [6.45, 7) is 2.98. The predicted octanol–water partition coefficient (Wildman–Crippen LogP) is 1.86. The molecule has 1 fully saturated rings. The molecule has 1 aliphatic heterocycles. The van der Waals surface area contributed by atoms with E-state index in [0.717, 1.165) is 12.8 Å². The van der Waals surface area contributed by atoms with Crippen molar-refractivity contribution in [2.75, 3.05) is 18.8 Å². The molecule has 7 heteroatoms. The van der Waals surface area contributed by atoms with E-state index in [2.05, 4.69) is 0 Å². The first-order valence-electron chi connectivity index (χ1n) is 7.32. The molecule has 1 saturated heterocycles. The molecule has 0 spiro atoms. The Morgan fingerprint density at radius 3 is 2.45 bits per heavy atom. The fourth-order valence-corrected chi connectivity index (χ4v) is 4.10. The summed E-state index contributed by atoms with van der Waals surface area (Å²) in [5.74, 6) is -0.153. The van der Waals surface area contributed by atoms with E-state index in [9.17, 15) is 13.2 Å². The third-order valence-electron chi connectivity index (χ3n) is 3.75. The molecule has 0 unspecified atom stereocenters. The minimum absolute atomic E-state index is 0. The van der Waals surface area contributed by atoms with Gasteiger partial charge >= 0.3 is 0 Å². The number of piperidine rings is 1. The first kappa shape index (κ1) is 18.9. The number of carbonyl (C=O) groups is 1. The molecule has 0 saturated carbocycles. The Kier molecular flexibility index (Phi) is 6.84. The molecule has 1 heterocycles. The van der Waals surface area contributed by atoms with Gasteiger partial charge < -0.3 is 10.6 Å².